The Morgan fingerprint density at radius 2 is 0.481 bits per heavy atom. The molecule has 3 N–H and O–H groups in total. The van der Waals surface area contributed by atoms with Crippen LogP contribution in [0.25, 0.3) is 0 Å². The van der Waals surface area contributed by atoms with E-state index in [2.05, 4.69) is 40.4 Å². The molecule has 7 nitrogen and oxygen atoms in total. The summed E-state index contributed by atoms with van der Waals surface area (Å²) in [7, 11) is 0. The van der Waals surface area contributed by atoms with Gasteiger partial charge in [-0.15, -0.1) is 0 Å². The average Bonchev–Trinajstić information content (AvgIpc) is 3.17. The standard InChI is InChI=1S/C45H27NO6/c47-43(48)37-19-7-31(8-20-37)1-4-34-13-25-40(26-14-34)46(41-27-15-35(16-28-41)5-2-32-9-21-38(22-10-32)44(49)50)42-29-17-36(18-30-42)6-3-33-11-23-39(24-12-33)45(51)52/h7-30H,(H,47,48)(H,49,50)(H,51,52). The summed E-state index contributed by atoms with van der Waals surface area (Å²) in [5, 5.41) is 27.4. The lowest BCUT2D eigenvalue weighted by molar-refractivity contribution is 0.0686. The molecule has 0 aromatic heterocycles. The molecule has 0 amide bonds. The van der Waals surface area contributed by atoms with Crippen molar-refractivity contribution in [2.75, 3.05) is 4.90 Å². The zero-order valence-electron chi connectivity index (χ0n) is 27.4. The number of hydrogen-bond acceptors (Lipinski definition) is 4. The van der Waals surface area contributed by atoms with Gasteiger partial charge in [0.15, 0.2) is 0 Å². The summed E-state index contributed by atoms with van der Waals surface area (Å²) in [4.78, 5) is 35.5. The van der Waals surface area contributed by atoms with Crippen molar-refractivity contribution in [3.63, 3.8) is 0 Å². The summed E-state index contributed by atoms with van der Waals surface area (Å²) >= 11 is 0. The molecule has 0 atom stereocenters. The molecule has 0 heterocycles. The Bertz CT molecular complexity index is 2170. The van der Waals surface area contributed by atoms with Crippen LogP contribution in [0, 0.1) is 35.5 Å². The zero-order valence-corrected chi connectivity index (χ0v) is 27.4. The van der Waals surface area contributed by atoms with Crippen molar-refractivity contribution < 1.29 is 29.7 Å². The van der Waals surface area contributed by atoms with Crippen molar-refractivity contribution in [2.24, 2.45) is 0 Å². The average molecular weight is 678 g/mol. The Hall–Kier alpha value is -7.79. The van der Waals surface area contributed by atoms with Crippen molar-refractivity contribution in [3.05, 3.63) is 196 Å². The van der Waals surface area contributed by atoms with Crippen LogP contribution in [0.4, 0.5) is 17.1 Å². The second-order valence-corrected chi connectivity index (χ2v) is 11.4. The minimum absolute atomic E-state index is 0.203. The number of carboxylic acid groups (broad SMARTS) is 3. The summed E-state index contributed by atoms with van der Waals surface area (Å²) in [6.45, 7) is 0. The van der Waals surface area contributed by atoms with Gasteiger partial charge < -0.3 is 20.2 Å². The molecular weight excluding hydrogens is 650 g/mol. The van der Waals surface area contributed by atoms with Crippen LogP contribution in [0.3, 0.4) is 0 Å². The summed E-state index contributed by atoms with van der Waals surface area (Å²) in [5.41, 5.74) is 7.73. The number of anilines is 3. The second kappa shape index (κ2) is 15.6. The number of hydrogen-bond donors (Lipinski definition) is 3. The molecule has 0 radical (unpaired) electrons. The number of rotatable bonds is 6. The number of carboxylic acids is 3. The van der Waals surface area contributed by atoms with Gasteiger partial charge in [0.2, 0.25) is 0 Å². The van der Waals surface area contributed by atoms with E-state index in [-0.39, 0.29) is 16.7 Å². The van der Waals surface area contributed by atoms with E-state index >= 15 is 0 Å². The molecule has 0 aliphatic carbocycles. The van der Waals surface area contributed by atoms with Gasteiger partial charge in [-0.3, -0.25) is 0 Å². The minimum Gasteiger partial charge on any atom is -0.478 e. The van der Waals surface area contributed by atoms with E-state index in [4.69, 9.17) is 15.3 Å². The molecule has 0 saturated carbocycles. The van der Waals surface area contributed by atoms with Crippen molar-refractivity contribution in [1.82, 2.24) is 0 Å². The number of carbonyl (C=O) groups is 3. The maximum Gasteiger partial charge on any atom is 0.335 e. The molecular formula is C45H27NO6. The molecule has 6 aromatic carbocycles. The number of aromatic carboxylic acids is 3. The second-order valence-electron chi connectivity index (χ2n) is 11.4. The molecule has 6 aromatic rings. The van der Waals surface area contributed by atoms with Gasteiger partial charge in [-0.1, -0.05) is 35.5 Å². The molecule has 6 rings (SSSR count). The van der Waals surface area contributed by atoms with Crippen LogP contribution < -0.4 is 4.90 Å². The lowest BCUT2D eigenvalue weighted by Gasteiger charge is -2.25. The highest BCUT2D eigenvalue weighted by Crippen LogP contribution is 2.34. The van der Waals surface area contributed by atoms with E-state index in [1.807, 2.05) is 72.8 Å². The van der Waals surface area contributed by atoms with Gasteiger partial charge >= 0.3 is 17.9 Å². The topological polar surface area (TPSA) is 115 Å². The predicted molar refractivity (Wildman–Crippen MR) is 199 cm³/mol. The van der Waals surface area contributed by atoms with Gasteiger partial charge in [-0.25, -0.2) is 14.4 Å². The van der Waals surface area contributed by atoms with Gasteiger partial charge in [-0.05, 0) is 146 Å². The summed E-state index contributed by atoms with van der Waals surface area (Å²) in [5.74, 6) is 15.7. The smallest absolute Gasteiger partial charge is 0.335 e. The maximum absolute atomic E-state index is 11.2. The summed E-state index contributed by atoms with van der Waals surface area (Å²) in [6.07, 6.45) is 0. The number of nitrogens with zero attached hydrogens (tertiary/aromatic N) is 1. The van der Waals surface area contributed by atoms with Crippen molar-refractivity contribution in [3.8, 4) is 35.5 Å². The van der Waals surface area contributed by atoms with Gasteiger partial charge in [0, 0.05) is 50.4 Å². The Labute approximate surface area is 300 Å². The van der Waals surface area contributed by atoms with Gasteiger partial charge in [0.1, 0.15) is 0 Å². The molecule has 0 unspecified atom stereocenters. The molecule has 7 heteroatoms. The fraction of sp³-hybridized carbons (Fsp3) is 0. The van der Waals surface area contributed by atoms with Crippen LogP contribution in [0.15, 0.2) is 146 Å². The van der Waals surface area contributed by atoms with E-state index in [0.29, 0.717) is 16.7 Å². The molecule has 0 bridgehead atoms. The first kappa shape index (κ1) is 34.1. The fourth-order valence-electron chi connectivity index (χ4n) is 5.05. The van der Waals surface area contributed by atoms with E-state index in [9.17, 15) is 14.4 Å². The quantitative estimate of drug-likeness (QED) is 0.152. The lowest BCUT2D eigenvalue weighted by Crippen LogP contribution is -2.10. The van der Waals surface area contributed by atoms with Crippen LogP contribution in [0.1, 0.15) is 64.5 Å². The Kier molecular flexibility index (Phi) is 10.2. The molecule has 0 aliphatic heterocycles. The summed E-state index contributed by atoms with van der Waals surface area (Å²) in [6, 6.07) is 42.6. The van der Waals surface area contributed by atoms with Crippen LogP contribution in [0.2, 0.25) is 0 Å². The third kappa shape index (κ3) is 8.62. The van der Waals surface area contributed by atoms with Crippen molar-refractivity contribution in [1.29, 1.82) is 0 Å². The van der Waals surface area contributed by atoms with E-state index in [1.54, 1.807) is 36.4 Å². The van der Waals surface area contributed by atoms with E-state index in [0.717, 1.165) is 33.8 Å². The van der Waals surface area contributed by atoms with E-state index < -0.39 is 17.9 Å². The minimum atomic E-state index is -0.987. The third-order valence-electron chi connectivity index (χ3n) is 7.83. The van der Waals surface area contributed by atoms with Crippen molar-refractivity contribution in [2.45, 2.75) is 0 Å². The van der Waals surface area contributed by atoms with Gasteiger partial charge in [-0.2, -0.15) is 0 Å². The highest BCUT2D eigenvalue weighted by atomic mass is 16.4. The Balaban J connectivity index is 1.27. The predicted octanol–water partition coefficient (Wildman–Crippen LogP) is 8.45. The largest absolute Gasteiger partial charge is 0.478 e. The van der Waals surface area contributed by atoms with Crippen LogP contribution in [-0.2, 0) is 0 Å². The highest BCUT2D eigenvalue weighted by molar-refractivity contribution is 5.88. The number of benzene rings is 6. The third-order valence-corrected chi connectivity index (χ3v) is 7.83. The monoisotopic (exact) mass is 677 g/mol. The van der Waals surface area contributed by atoms with Crippen molar-refractivity contribution >= 4 is 35.0 Å². The Morgan fingerprint density at radius 3 is 0.654 bits per heavy atom. The first-order valence-corrected chi connectivity index (χ1v) is 15.9. The fourth-order valence-corrected chi connectivity index (χ4v) is 5.05. The van der Waals surface area contributed by atoms with E-state index in [1.165, 1.54) is 36.4 Å². The normalized spacial score (nSPS) is 9.92. The van der Waals surface area contributed by atoms with Crippen LogP contribution in [0.5, 0.6) is 0 Å². The SMILES string of the molecule is O=C(O)c1ccc(C#Cc2ccc(N(c3ccc(C#Cc4ccc(C(=O)O)cc4)cc3)c3ccc(C#Cc4ccc(C(=O)O)cc4)cc3)cc2)cc1. The maximum atomic E-state index is 11.2. The van der Waals surface area contributed by atoms with Crippen LogP contribution >= 0.6 is 0 Å². The first-order chi connectivity index (χ1) is 25.2. The molecule has 52 heavy (non-hydrogen) atoms. The molecule has 0 aliphatic rings. The molecule has 0 saturated heterocycles. The zero-order chi connectivity index (χ0) is 36.5. The van der Waals surface area contributed by atoms with Gasteiger partial charge in [0.25, 0.3) is 0 Å². The molecule has 0 fully saturated rings. The Morgan fingerprint density at radius 1 is 0.308 bits per heavy atom. The van der Waals surface area contributed by atoms with Gasteiger partial charge in [0.05, 0.1) is 16.7 Å². The summed E-state index contributed by atoms with van der Waals surface area (Å²) < 4.78 is 0. The van der Waals surface area contributed by atoms with Crippen LogP contribution in [-0.4, -0.2) is 33.2 Å². The lowest BCUT2D eigenvalue weighted by atomic mass is 10.1. The highest BCUT2D eigenvalue weighted by Gasteiger charge is 2.13. The molecule has 248 valence electrons. The molecule has 0 spiro atoms. The first-order valence-electron chi connectivity index (χ1n) is 15.9.